The minimum absolute atomic E-state index is 0.0604. The molecule has 0 radical (unpaired) electrons. The zero-order valence-electron chi connectivity index (χ0n) is 11.5. The fraction of sp³-hybridized carbons (Fsp3) is 0.867. The molecule has 0 saturated carbocycles. The minimum atomic E-state index is -0.408. The molecule has 0 bridgehead atoms. The Morgan fingerprint density at radius 3 is 2.61 bits per heavy atom. The van der Waals surface area contributed by atoms with Gasteiger partial charge in [0.25, 0.3) is 0 Å². The Bertz CT molecular complexity index is 364. The van der Waals surface area contributed by atoms with E-state index in [1.165, 1.54) is 17.6 Å². The first-order chi connectivity index (χ1) is 8.50. The minimum Gasteiger partial charge on any atom is -0.389 e. The maximum absolute atomic E-state index is 10.4. The highest BCUT2D eigenvalue weighted by atomic mass is 16.7. The van der Waals surface area contributed by atoms with E-state index in [1.54, 1.807) is 0 Å². The van der Waals surface area contributed by atoms with Crippen LogP contribution in [-0.4, -0.2) is 30.2 Å². The standard InChI is InChI=1S/C15H24O3/c1-14(2)9-13(16)12-5-3-4-11(12)8-15(10-14)17-6-7-18-15/h13,16H,3-10H2,1-2H3. The molecule has 1 spiro atoms. The third kappa shape index (κ3) is 2.24. The lowest BCUT2D eigenvalue weighted by atomic mass is 9.75. The fourth-order valence-corrected chi connectivity index (χ4v) is 3.97. The van der Waals surface area contributed by atoms with E-state index in [2.05, 4.69) is 13.8 Å². The van der Waals surface area contributed by atoms with Crippen molar-refractivity contribution in [3.05, 3.63) is 11.1 Å². The van der Waals surface area contributed by atoms with Crippen LogP contribution in [0.15, 0.2) is 11.1 Å². The van der Waals surface area contributed by atoms with Crippen molar-refractivity contribution in [3.8, 4) is 0 Å². The predicted molar refractivity (Wildman–Crippen MR) is 69.2 cm³/mol. The van der Waals surface area contributed by atoms with E-state index in [-0.39, 0.29) is 11.5 Å². The molecule has 102 valence electrons. The van der Waals surface area contributed by atoms with Gasteiger partial charge in [0, 0.05) is 12.8 Å². The van der Waals surface area contributed by atoms with E-state index >= 15 is 0 Å². The summed E-state index contributed by atoms with van der Waals surface area (Å²) in [6, 6.07) is 0. The van der Waals surface area contributed by atoms with Gasteiger partial charge in [-0.3, -0.25) is 0 Å². The van der Waals surface area contributed by atoms with Crippen LogP contribution in [0.25, 0.3) is 0 Å². The largest absolute Gasteiger partial charge is 0.389 e. The van der Waals surface area contributed by atoms with E-state index < -0.39 is 5.79 Å². The molecular weight excluding hydrogens is 228 g/mol. The summed E-state index contributed by atoms with van der Waals surface area (Å²) in [7, 11) is 0. The molecule has 3 aliphatic rings. The Hall–Kier alpha value is -0.380. The summed E-state index contributed by atoms with van der Waals surface area (Å²) >= 11 is 0. The summed E-state index contributed by atoms with van der Waals surface area (Å²) in [5, 5.41) is 10.4. The van der Waals surface area contributed by atoms with E-state index in [0.717, 1.165) is 32.1 Å². The van der Waals surface area contributed by atoms with Gasteiger partial charge < -0.3 is 14.6 Å². The summed E-state index contributed by atoms with van der Waals surface area (Å²) < 4.78 is 11.9. The second-order valence-corrected chi connectivity index (χ2v) is 6.83. The number of aliphatic hydroxyl groups is 1. The topological polar surface area (TPSA) is 38.7 Å². The lowest BCUT2D eigenvalue weighted by Gasteiger charge is -2.40. The highest BCUT2D eigenvalue weighted by Gasteiger charge is 2.45. The molecule has 1 atom stereocenters. The first-order valence-corrected chi connectivity index (χ1v) is 7.17. The predicted octanol–water partition coefficient (Wildman–Crippen LogP) is 2.78. The van der Waals surface area contributed by atoms with E-state index in [1.807, 2.05) is 0 Å². The molecule has 0 aromatic heterocycles. The van der Waals surface area contributed by atoms with E-state index in [4.69, 9.17) is 9.47 Å². The Balaban J connectivity index is 1.94. The van der Waals surface area contributed by atoms with Crippen LogP contribution in [0.2, 0.25) is 0 Å². The molecule has 3 heteroatoms. The number of rotatable bonds is 0. The zero-order valence-corrected chi connectivity index (χ0v) is 11.5. The second-order valence-electron chi connectivity index (χ2n) is 6.83. The second kappa shape index (κ2) is 4.32. The van der Waals surface area contributed by atoms with E-state index in [0.29, 0.717) is 13.2 Å². The van der Waals surface area contributed by atoms with Crippen molar-refractivity contribution in [2.75, 3.05) is 13.2 Å². The number of ether oxygens (including phenoxy) is 2. The van der Waals surface area contributed by atoms with Gasteiger partial charge in [0.05, 0.1) is 19.3 Å². The van der Waals surface area contributed by atoms with Crippen LogP contribution in [0.4, 0.5) is 0 Å². The molecule has 3 nitrogen and oxygen atoms in total. The van der Waals surface area contributed by atoms with Gasteiger partial charge in [-0.1, -0.05) is 19.4 Å². The van der Waals surface area contributed by atoms with Crippen LogP contribution in [-0.2, 0) is 9.47 Å². The first-order valence-electron chi connectivity index (χ1n) is 7.17. The third-order valence-corrected chi connectivity index (χ3v) is 4.57. The third-order valence-electron chi connectivity index (χ3n) is 4.57. The van der Waals surface area contributed by atoms with Crippen molar-refractivity contribution in [1.29, 1.82) is 0 Å². The Morgan fingerprint density at radius 2 is 1.89 bits per heavy atom. The van der Waals surface area contributed by atoms with Crippen molar-refractivity contribution < 1.29 is 14.6 Å². The van der Waals surface area contributed by atoms with Crippen molar-refractivity contribution in [2.45, 2.75) is 64.3 Å². The monoisotopic (exact) mass is 252 g/mol. The molecule has 1 heterocycles. The molecule has 1 fully saturated rings. The van der Waals surface area contributed by atoms with Gasteiger partial charge in [0.2, 0.25) is 0 Å². The molecule has 0 aromatic carbocycles. The number of hydrogen-bond acceptors (Lipinski definition) is 3. The molecule has 1 unspecified atom stereocenters. The van der Waals surface area contributed by atoms with Gasteiger partial charge in [-0.25, -0.2) is 0 Å². The van der Waals surface area contributed by atoms with E-state index in [9.17, 15) is 5.11 Å². The van der Waals surface area contributed by atoms with Gasteiger partial charge in [0.15, 0.2) is 5.79 Å². The number of aliphatic hydroxyl groups excluding tert-OH is 1. The maximum atomic E-state index is 10.4. The lowest BCUT2D eigenvalue weighted by molar-refractivity contribution is -0.181. The summed E-state index contributed by atoms with van der Waals surface area (Å²) in [5.74, 6) is -0.408. The van der Waals surface area contributed by atoms with Crippen LogP contribution < -0.4 is 0 Å². The molecule has 1 N–H and O–H groups in total. The van der Waals surface area contributed by atoms with Gasteiger partial charge >= 0.3 is 0 Å². The average Bonchev–Trinajstić information content (AvgIpc) is 2.85. The molecule has 1 aliphatic heterocycles. The molecule has 18 heavy (non-hydrogen) atoms. The summed E-state index contributed by atoms with van der Waals surface area (Å²) in [5.41, 5.74) is 2.74. The molecule has 1 saturated heterocycles. The fourth-order valence-electron chi connectivity index (χ4n) is 3.97. The highest BCUT2D eigenvalue weighted by molar-refractivity contribution is 5.26. The van der Waals surface area contributed by atoms with Crippen molar-refractivity contribution in [2.24, 2.45) is 5.41 Å². The van der Waals surface area contributed by atoms with Crippen LogP contribution in [0.3, 0.4) is 0 Å². The summed E-state index contributed by atoms with van der Waals surface area (Å²) in [4.78, 5) is 0. The molecule has 3 rings (SSSR count). The summed E-state index contributed by atoms with van der Waals surface area (Å²) in [6.45, 7) is 5.84. The van der Waals surface area contributed by atoms with Crippen LogP contribution in [0.1, 0.15) is 52.4 Å². The molecule has 2 aliphatic carbocycles. The highest BCUT2D eigenvalue weighted by Crippen LogP contribution is 2.47. The lowest BCUT2D eigenvalue weighted by Crippen LogP contribution is -2.40. The molecule has 0 aromatic rings. The van der Waals surface area contributed by atoms with Crippen LogP contribution >= 0.6 is 0 Å². The maximum Gasteiger partial charge on any atom is 0.172 e. The Labute approximate surface area is 109 Å². The van der Waals surface area contributed by atoms with Crippen LogP contribution in [0, 0.1) is 5.41 Å². The molecule has 0 amide bonds. The quantitative estimate of drug-likeness (QED) is 0.674. The molecular formula is C15H24O3. The van der Waals surface area contributed by atoms with Crippen molar-refractivity contribution in [1.82, 2.24) is 0 Å². The van der Waals surface area contributed by atoms with Crippen molar-refractivity contribution >= 4 is 0 Å². The average molecular weight is 252 g/mol. The van der Waals surface area contributed by atoms with Gasteiger partial charge in [-0.05, 0) is 36.7 Å². The van der Waals surface area contributed by atoms with Gasteiger partial charge in [-0.15, -0.1) is 0 Å². The summed E-state index contributed by atoms with van der Waals surface area (Å²) in [6.07, 6.45) is 5.66. The van der Waals surface area contributed by atoms with Crippen molar-refractivity contribution in [3.63, 3.8) is 0 Å². The first kappa shape index (κ1) is 12.6. The Kier molecular flexibility index (Phi) is 3.04. The smallest absolute Gasteiger partial charge is 0.172 e. The number of hydrogen-bond donors (Lipinski definition) is 1. The normalized spacial score (nSPS) is 34.5. The SMILES string of the molecule is CC1(C)CC(O)C2=C(CCC2)CC2(C1)OCCO2. The zero-order chi connectivity index (χ0) is 12.8. The van der Waals surface area contributed by atoms with Crippen LogP contribution in [0.5, 0.6) is 0 Å². The van der Waals surface area contributed by atoms with Gasteiger partial charge in [-0.2, -0.15) is 0 Å². The van der Waals surface area contributed by atoms with Gasteiger partial charge in [0.1, 0.15) is 0 Å². The Morgan fingerprint density at radius 1 is 1.17 bits per heavy atom.